The lowest BCUT2D eigenvalue weighted by atomic mass is 9.95. The van der Waals surface area contributed by atoms with Crippen molar-refractivity contribution in [3.63, 3.8) is 0 Å². The quantitative estimate of drug-likeness (QED) is 0.523. The minimum atomic E-state index is -0.319. The van der Waals surface area contributed by atoms with E-state index in [4.69, 9.17) is 13.9 Å². The number of fused-ring (bicyclic) bond motifs is 1. The lowest BCUT2D eigenvalue weighted by Crippen LogP contribution is -2.30. The van der Waals surface area contributed by atoms with Gasteiger partial charge in [0.2, 0.25) is 18.5 Å². The number of hydrogen-bond donors (Lipinski definition) is 1. The Bertz CT molecular complexity index is 1080. The Morgan fingerprint density at radius 1 is 1.19 bits per heavy atom. The van der Waals surface area contributed by atoms with Gasteiger partial charge in [0.1, 0.15) is 0 Å². The highest BCUT2D eigenvalue weighted by molar-refractivity contribution is 8.00. The normalized spacial score (nSPS) is 16.8. The lowest BCUT2D eigenvalue weighted by molar-refractivity contribution is -0.120. The first-order valence-corrected chi connectivity index (χ1v) is 11.9. The van der Waals surface area contributed by atoms with Gasteiger partial charge < -0.3 is 19.2 Å². The topological polar surface area (TPSA) is 91.4 Å². The number of nitrogens with zero attached hydrogens (tertiary/aromatic N) is 3. The molecule has 1 N–H and O–H groups in total. The summed E-state index contributed by atoms with van der Waals surface area (Å²) in [5, 5.41) is 12.3. The Kier molecular flexibility index (Phi) is 6.07. The van der Waals surface area contributed by atoms with Crippen LogP contribution in [-0.4, -0.2) is 32.7 Å². The zero-order valence-electron chi connectivity index (χ0n) is 18.0. The number of ether oxygens (including phenoxy) is 2. The predicted octanol–water partition coefficient (Wildman–Crippen LogP) is 4.57. The van der Waals surface area contributed by atoms with Gasteiger partial charge in [-0.3, -0.25) is 9.36 Å². The molecule has 3 heterocycles. The second kappa shape index (κ2) is 9.28. The number of furan rings is 1. The van der Waals surface area contributed by atoms with Crippen molar-refractivity contribution < 1.29 is 18.7 Å². The smallest absolute Gasteiger partial charge is 0.233 e. The van der Waals surface area contributed by atoms with Crippen molar-refractivity contribution in [1.82, 2.24) is 20.1 Å². The van der Waals surface area contributed by atoms with E-state index in [-0.39, 0.29) is 18.0 Å². The van der Waals surface area contributed by atoms with Crippen LogP contribution in [0.2, 0.25) is 0 Å². The molecule has 0 saturated heterocycles. The van der Waals surface area contributed by atoms with E-state index < -0.39 is 0 Å². The lowest BCUT2D eigenvalue weighted by Gasteiger charge is -2.25. The predicted molar refractivity (Wildman–Crippen MR) is 120 cm³/mol. The summed E-state index contributed by atoms with van der Waals surface area (Å²) in [4.78, 5) is 12.8. The molecule has 1 aliphatic carbocycles. The van der Waals surface area contributed by atoms with Crippen molar-refractivity contribution in [3.8, 4) is 23.1 Å². The third kappa shape index (κ3) is 4.34. The van der Waals surface area contributed by atoms with Gasteiger partial charge in [0, 0.05) is 12.6 Å². The van der Waals surface area contributed by atoms with Crippen LogP contribution in [0.1, 0.15) is 50.6 Å². The average molecular weight is 455 g/mol. The molecule has 1 aromatic carbocycles. The van der Waals surface area contributed by atoms with Crippen molar-refractivity contribution in [2.75, 3.05) is 6.79 Å². The van der Waals surface area contributed by atoms with Crippen LogP contribution >= 0.6 is 11.8 Å². The van der Waals surface area contributed by atoms with Crippen LogP contribution in [0.4, 0.5) is 0 Å². The average Bonchev–Trinajstić information content (AvgIpc) is 3.58. The molecule has 0 unspecified atom stereocenters. The van der Waals surface area contributed by atoms with Gasteiger partial charge in [0.15, 0.2) is 22.4 Å². The zero-order valence-corrected chi connectivity index (χ0v) is 18.8. The fourth-order valence-electron chi connectivity index (χ4n) is 4.20. The molecular formula is C23H26N4O4S. The van der Waals surface area contributed by atoms with Crippen molar-refractivity contribution in [1.29, 1.82) is 0 Å². The molecule has 5 rings (SSSR count). The second-order valence-corrected chi connectivity index (χ2v) is 9.42. The highest BCUT2D eigenvalue weighted by atomic mass is 32.2. The molecule has 1 amide bonds. The van der Waals surface area contributed by atoms with E-state index in [0.717, 1.165) is 35.1 Å². The molecule has 2 aliphatic rings. The Morgan fingerprint density at radius 2 is 2.03 bits per heavy atom. The maximum absolute atomic E-state index is 12.8. The summed E-state index contributed by atoms with van der Waals surface area (Å²) in [7, 11) is 0. The van der Waals surface area contributed by atoms with Gasteiger partial charge in [-0.05, 0) is 49.6 Å². The molecule has 0 radical (unpaired) electrons. The number of hydrogen-bond acceptors (Lipinski definition) is 7. The van der Waals surface area contributed by atoms with Gasteiger partial charge in [0.25, 0.3) is 0 Å². The van der Waals surface area contributed by atoms with Crippen LogP contribution in [0, 0.1) is 0 Å². The van der Waals surface area contributed by atoms with Crippen LogP contribution in [0.15, 0.2) is 46.2 Å². The molecule has 1 aliphatic heterocycles. The van der Waals surface area contributed by atoms with E-state index in [0.29, 0.717) is 24.1 Å². The van der Waals surface area contributed by atoms with E-state index in [1.165, 1.54) is 31.0 Å². The van der Waals surface area contributed by atoms with E-state index in [2.05, 4.69) is 20.1 Å². The van der Waals surface area contributed by atoms with Gasteiger partial charge in [-0.25, -0.2) is 0 Å². The van der Waals surface area contributed by atoms with Gasteiger partial charge in [-0.15, -0.1) is 10.2 Å². The summed E-state index contributed by atoms with van der Waals surface area (Å²) in [5.41, 5.74) is 0.963. The van der Waals surface area contributed by atoms with Crippen LogP contribution in [0.5, 0.6) is 11.5 Å². The van der Waals surface area contributed by atoms with Gasteiger partial charge in [-0.2, -0.15) is 0 Å². The van der Waals surface area contributed by atoms with Gasteiger partial charge in [0.05, 0.1) is 11.5 Å². The summed E-state index contributed by atoms with van der Waals surface area (Å²) < 4.78 is 18.5. The van der Waals surface area contributed by atoms with Crippen LogP contribution < -0.4 is 14.8 Å². The minimum absolute atomic E-state index is 0.0505. The van der Waals surface area contributed by atoms with Crippen molar-refractivity contribution in [3.05, 3.63) is 42.2 Å². The largest absolute Gasteiger partial charge is 0.461 e. The number of carbonyl (C=O) groups is 1. The first-order valence-electron chi connectivity index (χ1n) is 11.0. The molecule has 3 aromatic rings. The Hall–Kier alpha value is -2.94. The van der Waals surface area contributed by atoms with Gasteiger partial charge >= 0.3 is 0 Å². The van der Waals surface area contributed by atoms with E-state index in [1.807, 2.05) is 37.3 Å². The molecule has 9 heteroatoms. The van der Waals surface area contributed by atoms with Crippen LogP contribution in [0.25, 0.3) is 11.6 Å². The van der Waals surface area contributed by atoms with Crippen molar-refractivity contribution >= 4 is 17.7 Å². The Labute approximate surface area is 190 Å². The third-order valence-corrected chi connectivity index (χ3v) is 6.96. The molecule has 1 atom stereocenters. The number of carbonyl (C=O) groups excluding carboxylic acids is 1. The first kappa shape index (κ1) is 20.9. The Balaban J connectivity index is 1.28. The van der Waals surface area contributed by atoms with Gasteiger partial charge in [-0.1, -0.05) is 37.1 Å². The number of aromatic nitrogens is 3. The number of nitrogens with one attached hydrogen (secondary N) is 1. The summed E-state index contributed by atoms with van der Waals surface area (Å²) in [6, 6.07) is 9.78. The fourth-order valence-corrected chi connectivity index (χ4v) is 5.14. The summed E-state index contributed by atoms with van der Waals surface area (Å²) >= 11 is 1.44. The molecule has 0 spiro atoms. The molecule has 0 bridgehead atoms. The maximum atomic E-state index is 12.8. The number of benzene rings is 1. The zero-order chi connectivity index (χ0) is 21.9. The highest BCUT2D eigenvalue weighted by Gasteiger charge is 2.27. The van der Waals surface area contributed by atoms with Crippen LogP contribution in [-0.2, 0) is 11.3 Å². The van der Waals surface area contributed by atoms with Crippen molar-refractivity contribution in [2.45, 2.75) is 62.0 Å². The molecule has 32 heavy (non-hydrogen) atoms. The molecule has 2 aromatic heterocycles. The first-order chi connectivity index (χ1) is 15.7. The Morgan fingerprint density at radius 3 is 2.84 bits per heavy atom. The maximum Gasteiger partial charge on any atom is 0.233 e. The number of thioether (sulfide) groups is 1. The summed E-state index contributed by atoms with van der Waals surface area (Å²) in [5.74, 6) is 2.83. The monoisotopic (exact) mass is 454 g/mol. The minimum Gasteiger partial charge on any atom is -0.461 e. The third-order valence-electron chi connectivity index (χ3n) is 5.90. The summed E-state index contributed by atoms with van der Waals surface area (Å²) in [6.07, 6.45) is 7.46. The second-order valence-electron chi connectivity index (χ2n) is 8.11. The van der Waals surface area contributed by atoms with E-state index >= 15 is 0 Å². The molecule has 168 valence electrons. The molecule has 1 fully saturated rings. The van der Waals surface area contributed by atoms with Crippen molar-refractivity contribution in [2.24, 2.45) is 0 Å². The number of rotatable bonds is 7. The highest BCUT2D eigenvalue weighted by Crippen LogP contribution is 2.37. The molecule has 8 nitrogen and oxygen atoms in total. The van der Waals surface area contributed by atoms with E-state index in [1.54, 1.807) is 6.26 Å². The fraction of sp³-hybridized carbons (Fsp3) is 0.435. The SMILES string of the molecule is C[C@@H](Sc1nnc(-c2ccco2)n1C1CCCCC1)C(=O)NCc1ccc2c(c1)OCO2. The summed E-state index contributed by atoms with van der Waals surface area (Å²) in [6.45, 7) is 2.56. The van der Waals surface area contributed by atoms with Crippen LogP contribution in [0.3, 0.4) is 0 Å². The molecular weight excluding hydrogens is 428 g/mol. The standard InChI is InChI=1S/C23H26N4O4S/c1-15(22(28)24-13-16-9-10-18-20(12-16)31-14-30-18)32-23-26-25-21(19-8-5-11-29-19)27(23)17-6-3-2-4-7-17/h5,8-12,15,17H,2-4,6-7,13-14H2,1H3,(H,24,28)/t15-/m1/s1. The van der Waals surface area contributed by atoms with E-state index in [9.17, 15) is 4.79 Å². The number of amides is 1. The molecule has 1 saturated carbocycles.